The Hall–Kier alpha value is -1.89. The topological polar surface area (TPSA) is 30.2 Å². The molecule has 3 aromatic rings. The zero-order valence-electron chi connectivity index (χ0n) is 11.3. The fourth-order valence-electron chi connectivity index (χ4n) is 2.11. The summed E-state index contributed by atoms with van der Waals surface area (Å²) in [5.74, 6) is 0.135. The van der Waals surface area contributed by atoms with Crippen LogP contribution >= 0.6 is 11.3 Å². The van der Waals surface area contributed by atoms with Gasteiger partial charge in [-0.05, 0) is 23.4 Å². The van der Waals surface area contributed by atoms with E-state index < -0.39 is 11.9 Å². The summed E-state index contributed by atoms with van der Waals surface area (Å²) in [5.41, 5.74) is 0.156. The van der Waals surface area contributed by atoms with E-state index in [9.17, 15) is 13.2 Å². The molecule has 0 radical (unpaired) electrons. The molecule has 0 saturated heterocycles. The third kappa shape index (κ3) is 2.42. The maximum absolute atomic E-state index is 13.2. The lowest BCUT2D eigenvalue weighted by Crippen LogP contribution is -2.07. The van der Waals surface area contributed by atoms with Gasteiger partial charge >= 0.3 is 6.18 Å². The first kappa shape index (κ1) is 14.1. The number of fused-ring (bicyclic) bond motifs is 1. The highest BCUT2D eigenvalue weighted by Crippen LogP contribution is 2.40. The first-order valence-corrected chi connectivity index (χ1v) is 7.26. The monoisotopic (exact) mass is 311 g/mol. The van der Waals surface area contributed by atoms with Gasteiger partial charge in [0, 0.05) is 16.8 Å². The second-order valence-corrected chi connectivity index (χ2v) is 5.92. The van der Waals surface area contributed by atoms with Gasteiger partial charge in [0.1, 0.15) is 0 Å². The summed E-state index contributed by atoms with van der Waals surface area (Å²) in [6.07, 6.45) is -2.98. The molecule has 3 nitrogen and oxygen atoms in total. The van der Waals surface area contributed by atoms with Crippen LogP contribution in [-0.2, 0) is 6.18 Å². The van der Waals surface area contributed by atoms with E-state index in [0.717, 1.165) is 5.69 Å². The molecule has 3 aromatic heterocycles. The molecule has 0 aliphatic rings. The van der Waals surface area contributed by atoms with Crippen LogP contribution in [0.25, 0.3) is 16.1 Å². The van der Waals surface area contributed by atoms with E-state index in [4.69, 9.17) is 0 Å². The van der Waals surface area contributed by atoms with Gasteiger partial charge in [-0.2, -0.15) is 18.3 Å². The summed E-state index contributed by atoms with van der Waals surface area (Å²) in [4.78, 5) is 4.89. The van der Waals surface area contributed by atoms with Crippen LogP contribution in [0, 0.1) is 0 Å². The van der Waals surface area contributed by atoms with Crippen molar-refractivity contribution in [3.63, 3.8) is 0 Å². The minimum atomic E-state index is -4.51. The van der Waals surface area contributed by atoms with Gasteiger partial charge in [-0.3, -0.25) is 0 Å². The lowest BCUT2D eigenvalue weighted by atomic mass is 10.1. The van der Waals surface area contributed by atoms with Crippen LogP contribution < -0.4 is 0 Å². The van der Waals surface area contributed by atoms with E-state index in [-0.39, 0.29) is 17.1 Å². The third-order valence-corrected chi connectivity index (χ3v) is 4.02. The molecule has 21 heavy (non-hydrogen) atoms. The van der Waals surface area contributed by atoms with Gasteiger partial charge < -0.3 is 0 Å². The molecule has 0 bridgehead atoms. The van der Waals surface area contributed by atoms with Crippen molar-refractivity contribution in [3.05, 3.63) is 41.2 Å². The largest absolute Gasteiger partial charge is 0.435 e. The molecule has 0 spiro atoms. The van der Waals surface area contributed by atoms with Crippen molar-refractivity contribution in [3.8, 4) is 10.4 Å². The van der Waals surface area contributed by atoms with Crippen LogP contribution in [0.5, 0.6) is 0 Å². The van der Waals surface area contributed by atoms with Crippen molar-refractivity contribution in [2.24, 2.45) is 0 Å². The first-order valence-electron chi connectivity index (χ1n) is 6.38. The molecule has 0 atom stereocenters. The maximum Gasteiger partial charge on any atom is 0.435 e. The van der Waals surface area contributed by atoms with Crippen molar-refractivity contribution in [2.75, 3.05) is 0 Å². The van der Waals surface area contributed by atoms with Crippen LogP contribution in [0.15, 0.2) is 29.8 Å². The molecule has 0 aliphatic carbocycles. The highest BCUT2D eigenvalue weighted by atomic mass is 32.1. The fourth-order valence-corrected chi connectivity index (χ4v) is 2.88. The van der Waals surface area contributed by atoms with E-state index in [1.165, 1.54) is 22.0 Å². The molecule has 0 fully saturated rings. The number of hydrogen-bond donors (Lipinski definition) is 0. The van der Waals surface area contributed by atoms with Gasteiger partial charge in [0.05, 0.1) is 5.56 Å². The highest BCUT2D eigenvalue weighted by molar-refractivity contribution is 7.13. The minimum absolute atomic E-state index is 0.0556. The zero-order chi connectivity index (χ0) is 15.2. The quantitative estimate of drug-likeness (QED) is 0.692. The van der Waals surface area contributed by atoms with Gasteiger partial charge in [-0.1, -0.05) is 19.9 Å². The Bertz CT molecular complexity index is 773. The molecule has 3 heterocycles. The summed E-state index contributed by atoms with van der Waals surface area (Å²) in [6.45, 7) is 3.90. The Labute approximate surface area is 123 Å². The Morgan fingerprint density at radius 1 is 1.24 bits per heavy atom. The van der Waals surface area contributed by atoms with E-state index in [2.05, 4.69) is 10.1 Å². The molecule has 0 aromatic carbocycles. The first-order chi connectivity index (χ1) is 9.88. The summed E-state index contributed by atoms with van der Waals surface area (Å²) in [5, 5.41) is 5.42. The van der Waals surface area contributed by atoms with Crippen LogP contribution in [0.1, 0.15) is 31.2 Å². The molecule has 0 N–H and O–H groups in total. The number of aromatic nitrogens is 3. The van der Waals surface area contributed by atoms with Crippen molar-refractivity contribution in [2.45, 2.75) is 25.9 Å². The van der Waals surface area contributed by atoms with Gasteiger partial charge in [-0.25, -0.2) is 9.50 Å². The molecule has 7 heteroatoms. The predicted molar refractivity (Wildman–Crippen MR) is 75.4 cm³/mol. The van der Waals surface area contributed by atoms with Gasteiger partial charge in [0.2, 0.25) is 0 Å². The molecular formula is C14H12F3N3S. The van der Waals surface area contributed by atoms with Gasteiger partial charge in [0.15, 0.2) is 11.3 Å². The van der Waals surface area contributed by atoms with E-state index in [1.807, 2.05) is 13.8 Å². The minimum Gasteiger partial charge on any atom is -0.233 e. The van der Waals surface area contributed by atoms with Crippen LogP contribution in [0.4, 0.5) is 13.2 Å². The number of rotatable bonds is 2. The second-order valence-electron chi connectivity index (χ2n) is 4.97. The molecular weight excluding hydrogens is 299 g/mol. The van der Waals surface area contributed by atoms with E-state index >= 15 is 0 Å². The number of halogens is 3. The van der Waals surface area contributed by atoms with Gasteiger partial charge in [0.25, 0.3) is 0 Å². The highest BCUT2D eigenvalue weighted by Gasteiger charge is 2.39. The summed E-state index contributed by atoms with van der Waals surface area (Å²) in [6, 6.07) is 5.07. The van der Waals surface area contributed by atoms with E-state index in [1.54, 1.807) is 23.6 Å². The van der Waals surface area contributed by atoms with Gasteiger partial charge in [-0.15, -0.1) is 11.3 Å². The molecule has 110 valence electrons. The van der Waals surface area contributed by atoms with Crippen LogP contribution in [0.2, 0.25) is 0 Å². The predicted octanol–water partition coefficient (Wildman–Crippen LogP) is 4.60. The SMILES string of the molecule is CC(C)c1ccn2nc(C(F)(F)F)c(-c3cccs3)c2n1. The second kappa shape index (κ2) is 4.84. The number of nitrogens with zero attached hydrogens (tertiary/aromatic N) is 3. The number of hydrogen-bond acceptors (Lipinski definition) is 3. The fraction of sp³-hybridized carbons (Fsp3) is 0.286. The smallest absolute Gasteiger partial charge is 0.233 e. The normalized spacial score (nSPS) is 12.5. The van der Waals surface area contributed by atoms with Crippen molar-refractivity contribution in [1.29, 1.82) is 0 Å². The molecule has 0 saturated carbocycles. The molecule has 0 unspecified atom stereocenters. The molecule has 3 rings (SSSR count). The summed E-state index contributed by atoms with van der Waals surface area (Å²) >= 11 is 1.25. The van der Waals surface area contributed by atoms with Crippen molar-refractivity contribution >= 4 is 17.0 Å². The number of alkyl halides is 3. The average Bonchev–Trinajstić information content (AvgIpc) is 3.03. The standard InChI is InChI=1S/C14H12F3N3S/c1-8(2)9-5-6-20-13(18-9)11(10-4-3-7-21-10)12(19-20)14(15,16)17/h3-8H,1-2H3. The Balaban J connectivity index is 2.35. The van der Waals surface area contributed by atoms with Crippen molar-refractivity contribution < 1.29 is 13.2 Å². The Morgan fingerprint density at radius 3 is 2.57 bits per heavy atom. The lowest BCUT2D eigenvalue weighted by molar-refractivity contribution is -0.140. The molecule has 0 amide bonds. The van der Waals surface area contributed by atoms with Crippen LogP contribution in [0.3, 0.4) is 0 Å². The van der Waals surface area contributed by atoms with E-state index in [0.29, 0.717) is 4.88 Å². The van der Waals surface area contributed by atoms with Crippen molar-refractivity contribution in [1.82, 2.24) is 14.6 Å². The average molecular weight is 311 g/mol. The zero-order valence-corrected chi connectivity index (χ0v) is 12.2. The Morgan fingerprint density at radius 2 is 2.00 bits per heavy atom. The molecule has 0 aliphatic heterocycles. The number of thiophene rings is 1. The lowest BCUT2D eigenvalue weighted by Gasteiger charge is -2.05. The van der Waals surface area contributed by atoms with Crippen LogP contribution in [-0.4, -0.2) is 14.6 Å². The summed E-state index contributed by atoms with van der Waals surface area (Å²) in [7, 11) is 0. The third-order valence-electron chi connectivity index (χ3n) is 3.13. The maximum atomic E-state index is 13.2. The summed E-state index contributed by atoms with van der Waals surface area (Å²) < 4.78 is 40.9. The Kier molecular flexibility index (Phi) is 3.24.